The highest BCUT2D eigenvalue weighted by Gasteiger charge is 2.20. The second-order valence-electron chi connectivity index (χ2n) is 8.09. The van der Waals surface area contributed by atoms with Gasteiger partial charge in [-0.3, -0.25) is 9.89 Å². The van der Waals surface area contributed by atoms with E-state index in [1.807, 2.05) is 116 Å². The number of nitrogen functional groups attached to an aromatic ring is 1. The van der Waals surface area contributed by atoms with E-state index in [2.05, 4.69) is 5.10 Å². The Morgan fingerprint density at radius 3 is 2.08 bits per heavy atom. The third-order valence-electron chi connectivity index (χ3n) is 5.61. The number of aromatic amines is 1. The van der Waals surface area contributed by atoms with Gasteiger partial charge in [0, 0.05) is 26.7 Å². The average Bonchev–Trinajstić information content (AvgIpc) is 3.22. The van der Waals surface area contributed by atoms with Crippen LogP contribution >= 0.6 is 21.6 Å². The molecule has 5 rings (SSSR count). The van der Waals surface area contributed by atoms with E-state index in [9.17, 15) is 4.79 Å². The lowest BCUT2D eigenvalue weighted by Crippen LogP contribution is -2.21. The van der Waals surface area contributed by atoms with Gasteiger partial charge < -0.3 is 5.73 Å². The van der Waals surface area contributed by atoms with Crippen LogP contribution in [0.15, 0.2) is 129 Å². The zero-order valence-electron chi connectivity index (χ0n) is 19.6. The third-order valence-corrected chi connectivity index (χ3v) is 8.09. The molecule has 3 N–H and O–H groups in total. The highest BCUT2D eigenvalue weighted by molar-refractivity contribution is 8.76. The molecule has 0 aliphatic heterocycles. The minimum Gasteiger partial charge on any atom is -0.398 e. The lowest BCUT2D eigenvalue weighted by Gasteiger charge is -2.10. The number of para-hydroxylation sites is 3. The van der Waals surface area contributed by atoms with E-state index in [1.54, 1.807) is 26.3 Å². The number of hydrogen-bond donors (Lipinski definition) is 2. The maximum absolute atomic E-state index is 13.7. The Balaban J connectivity index is 1.61. The summed E-state index contributed by atoms with van der Waals surface area (Å²) in [6.07, 6.45) is 0. The number of aliphatic imine (C=N–C) groups is 1. The van der Waals surface area contributed by atoms with Crippen molar-refractivity contribution in [2.45, 2.75) is 16.7 Å². The molecule has 1 heterocycles. The lowest BCUT2D eigenvalue weighted by molar-refractivity contribution is 0.835. The maximum Gasteiger partial charge on any atom is 0.280 e. The second kappa shape index (κ2) is 10.8. The van der Waals surface area contributed by atoms with Gasteiger partial charge in [-0.1, -0.05) is 94.4 Å². The van der Waals surface area contributed by atoms with Crippen LogP contribution in [0.4, 0.5) is 11.4 Å². The summed E-state index contributed by atoms with van der Waals surface area (Å²) in [6.45, 7) is 1.91. The van der Waals surface area contributed by atoms with Crippen molar-refractivity contribution in [1.29, 1.82) is 0 Å². The molecule has 0 amide bonds. The van der Waals surface area contributed by atoms with Gasteiger partial charge in [0.2, 0.25) is 0 Å². The molecule has 4 aromatic carbocycles. The normalized spacial score (nSPS) is 11.5. The molecule has 178 valence electrons. The van der Waals surface area contributed by atoms with Crippen molar-refractivity contribution < 1.29 is 0 Å². The Bertz CT molecular complexity index is 1570. The summed E-state index contributed by atoms with van der Waals surface area (Å²) in [5.41, 5.74) is 11.1. The van der Waals surface area contributed by atoms with Crippen LogP contribution in [0.5, 0.6) is 0 Å². The van der Waals surface area contributed by atoms with Crippen LogP contribution in [-0.2, 0) is 0 Å². The summed E-state index contributed by atoms with van der Waals surface area (Å²) in [7, 11) is 3.19. The zero-order valence-corrected chi connectivity index (χ0v) is 21.2. The van der Waals surface area contributed by atoms with Crippen LogP contribution in [-0.4, -0.2) is 15.5 Å². The van der Waals surface area contributed by atoms with E-state index in [0.717, 1.165) is 38.1 Å². The number of rotatable bonds is 7. The van der Waals surface area contributed by atoms with Gasteiger partial charge in [0.25, 0.3) is 5.56 Å². The molecule has 0 saturated heterocycles. The Labute approximate surface area is 217 Å². The smallest absolute Gasteiger partial charge is 0.280 e. The molecule has 0 fully saturated rings. The summed E-state index contributed by atoms with van der Waals surface area (Å²) >= 11 is 0. The minimum atomic E-state index is -0.141. The van der Waals surface area contributed by atoms with Crippen molar-refractivity contribution in [3.8, 4) is 5.69 Å². The predicted octanol–water partition coefficient (Wildman–Crippen LogP) is 7.02. The molecule has 0 aliphatic rings. The number of anilines is 1. The van der Waals surface area contributed by atoms with Crippen molar-refractivity contribution >= 4 is 38.7 Å². The first kappa shape index (κ1) is 23.8. The molecule has 5 nitrogen and oxygen atoms in total. The molecule has 7 heteroatoms. The van der Waals surface area contributed by atoms with Gasteiger partial charge in [0.15, 0.2) is 0 Å². The highest BCUT2D eigenvalue weighted by atomic mass is 33.1. The van der Waals surface area contributed by atoms with Gasteiger partial charge >= 0.3 is 0 Å². The topological polar surface area (TPSA) is 76.2 Å². The fraction of sp³-hybridized carbons (Fsp3) is 0.0345. The first-order valence-electron chi connectivity index (χ1n) is 11.4. The quantitative estimate of drug-likeness (QED) is 0.141. The lowest BCUT2D eigenvalue weighted by atomic mass is 10.0. The number of aryl methyl sites for hydroxylation is 1. The SMILES string of the molecule is Cc1[nH]n(-c2ccccc2)c(=O)c1C(=Nc1ccccc1SSc1ccccc1N)c1ccccc1. The Hall–Kier alpha value is -3.94. The van der Waals surface area contributed by atoms with E-state index in [0.29, 0.717) is 11.3 Å². The molecule has 36 heavy (non-hydrogen) atoms. The van der Waals surface area contributed by atoms with E-state index in [4.69, 9.17) is 10.7 Å². The molecule has 0 saturated carbocycles. The number of nitrogens with zero attached hydrogens (tertiary/aromatic N) is 2. The molecule has 0 aliphatic carbocycles. The molecular weight excluding hydrogens is 484 g/mol. The van der Waals surface area contributed by atoms with Crippen LogP contribution < -0.4 is 11.3 Å². The predicted molar refractivity (Wildman–Crippen MR) is 152 cm³/mol. The summed E-state index contributed by atoms with van der Waals surface area (Å²) < 4.78 is 1.57. The maximum atomic E-state index is 13.7. The van der Waals surface area contributed by atoms with Crippen LogP contribution in [0, 0.1) is 6.92 Å². The number of H-pyrrole nitrogens is 1. The molecule has 1 aromatic heterocycles. The highest BCUT2D eigenvalue weighted by Crippen LogP contribution is 2.43. The van der Waals surface area contributed by atoms with Crippen molar-refractivity contribution in [2.75, 3.05) is 5.73 Å². The first-order chi connectivity index (χ1) is 17.6. The third kappa shape index (κ3) is 5.03. The van der Waals surface area contributed by atoms with E-state index in [1.165, 1.54) is 0 Å². The molecule has 0 spiro atoms. The van der Waals surface area contributed by atoms with E-state index < -0.39 is 0 Å². The summed E-state index contributed by atoms with van der Waals surface area (Å²) in [5, 5.41) is 3.23. The van der Waals surface area contributed by atoms with Gasteiger partial charge in [0.1, 0.15) is 0 Å². The fourth-order valence-electron chi connectivity index (χ4n) is 3.83. The summed E-state index contributed by atoms with van der Waals surface area (Å²) in [5.74, 6) is 0. The van der Waals surface area contributed by atoms with Crippen LogP contribution in [0.3, 0.4) is 0 Å². The Morgan fingerprint density at radius 2 is 1.36 bits per heavy atom. The van der Waals surface area contributed by atoms with Crippen LogP contribution in [0.2, 0.25) is 0 Å². The minimum absolute atomic E-state index is 0.141. The largest absolute Gasteiger partial charge is 0.398 e. The van der Waals surface area contributed by atoms with Crippen molar-refractivity contribution in [1.82, 2.24) is 9.78 Å². The molecule has 0 bridgehead atoms. The molecule has 0 unspecified atom stereocenters. The Kier molecular flexibility index (Phi) is 7.11. The van der Waals surface area contributed by atoms with Crippen molar-refractivity contribution in [3.05, 3.63) is 136 Å². The van der Waals surface area contributed by atoms with Gasteiger partial charge in [0.05, 0.1) is 22.6 Å². The van der Waals surface area contributed by atoms with Crippen LogP contribution in [0.1, 0.15) is 16.8 Å². The number of nitrogens with two attached hydrogens (primary N) is 1. The van der Waals surface area contributed by atoms with Crippen LogP contribution in [0.25, 0.3) is 5.69 Å². The van der Waals surface area contributed by atoms with E-state index in [-0.39, 0.29) is 5.56 Å². The number of hydrogen-bond acceptors (Lipinski definition) is 5. The standard InChI is InChI=1S/C29H24N4OS2/c1-20-27(29(34)33(32-20)22-14-6-3-7-15-22)28(21-12-4-2-5-13-21)31-24-17-9-11-19-26(24)36-35-25-18-10-8-16-23(25)30/h2-19,32H,30H2,1H3. The van der Waals surface area contributed by atoms with Gasteiger partial charge in [-0.2, -0.15) is 0 Å². The van der Waals surface area contributed by atoms with Gasteiger partial charge in [-0.15, -0.1) is 0 Å². The van der Waals surface area contributed by atoms with Gasteiger partial charge in [-0.25, -0.2) is 9.67 Å². The molecular formula is C29H24N4OS2. The molecule has 0 atom stereocenters. The zero-order chi connectivity index (χ0) is 24.9. The van der Waals surface area contributed by atoms with Gasteiger partial charge in [-0.05, 0) is 43.3 Å². The fourth-order valence-corrected chi connectivity index (χ4v) is 6.06. The Morgan fingerprint density at radius 1 is 0.778 bits per heavy atom. The molecule has 0 radical (unpaired) electrons. The van der Waals surface area contributed by atoms with Crippen molar-refractivity contribution in [3.63, 3.8) is 0 Å². The number of aromatic nitrogens is 2. The number of benzene rings is 4. The average molecular weight is 509 g/mol. The molecule has 5 aromatic rings. The second-order valence-corrected chi connectivity index (χ2v) is 10.3. The monoisotopic (exact) mass is 508 g/mol. The van der Waals surface area contributed by atoms with Crippen molar-refractivity contribution in [2.24, 2.45) is 4.99 Å². The first-order valence-corrected chi connectivity index (χ1v) is 13.6. The summed E-state index contributed by atoms with van der Waals surface area (Å²) in [4.78, 5) is 20.7. The summed E-state index contributed by atoms with van der Waals surface area (Å²) in [6, 6.07) is 35.1. The number of nitrogens with one attached hydrogen (secondary N) is 1. The van der Waals surface area contributed by atoms with E-state index >= 15 is 0 Å².